The van der Waals surface area contributed by atoms with Gasteiger partial charge in [-0.05, 0) is 42.0 Å². The zero-order valence-electron chi connectivity index (χ0n) is 14.5. The van der Waals surface area contributed by atoms with Gasteiger partial charge in [-0.3, -0.25) is 0 Å². The molecule has 0 aliphatic rings. The Hall–Kier alpha value is -3.80. The highest BCUT2D eigenvalue weighted by atomic mass is 16.5. The van der Waals surface area contributed by atoms with Crippen molar-refractivity contribution in [2.45, 2.75) is 6.42 Å². The average Bonchev–Trinajstić information content (AvgIpc) is 3.12. The number of pyridine rings is 1. The highest BCUT2D eigenvalue weighted by Crippen LogP contribution is 2.27. The van der Waals surface area contributed by atoms with E-state index in [-0.39, 0.29) is 0 Å². The third-order valence-corrected chi connectivity index (χ3v) is 4.06. The zero-order chi connectivity index (χ0) is 18.6. The van der Waals surface area contributed by atoms with Gasteiger partial charge in [0.15, 0.2) is 5.76 Å². The van der Waals surface area contributed by atoms with E-state index >= 15 is 0 Å². The maximum absolute atomic E-state index is 5.90. The van der Waals surface area contributed by atoms with Crippen LogP contribution in [0.4, 0.5) is 11.6 Å². The van der Waals surface area contributed by atoms with Crippen LogP contribution in [0.15, 0.2) is 77.3 Å². The molecule has 2 aromatic carbocycles. The molecule has 0 spiro atoms. The molecule has 27 heavy (non-hydrogen) atoms. The number of ether oxygens (including phenoxy) is 1. The van der Waals surface area contributed by atoms with Crippen LogP contribution in [0.5, 0.6) is 11.5 Å². The molecule has 6 nitrogen and oxygen atoms in total. The van der Waals surface area contributed by atoms with Gasteiger partial charge in [0.25, 0.3) is 0 Å². The van der Waals surface area contributed by atoms with Crippen molar-refractivity contribution in [1.29, 1.82) is 0 Å². The zero-order valence-corrected chi connectivity index (χ0v) is 14.5. The first-order valence-electron chi connectivity index (χ1n) is 8.47. The van der Waals surface area contributed by atoms with E-state index in [1.165, 1.54) is 0 Å². The molecule has 0 saturated carbocycles. The number of benzene rings is 2. The molecule has 4 aromatic rings. The smallest absolute Gasteiger partial charge is 0.170 e. The third-order valence-electron chi connectivity index (χ3n) is 4.06. The number of nitrogen functional groups attached to an aromatic ring is 2. The van der Waals surface area contributed by atoms with Gasteiger partial charge in [-0.1, -0.05) is 35.5 Å². The van der Waals surface area contributed by atoms with Crippen LogP contribution < -0.4 is 16.2 Å². The van der Waals surface area contributed by atoms with Crippen LogP contribution in [0.25, 0.3) is 11.3 Å². The van der Waals surface area contributed by atoms with Crippen molar-refractivity contribution in [3.8, 4) is 22.8 Å². The summed E-state index contributed by atoms with van der Waals surface area (Å²) in [6.45, 7) is 0. The summed E-state index contributed by atoms with van der Waals surface area (Å²) in [5.41, 5.74) is 14.1. The van der Waals surface area contributed by atoms with E-state index in [0.717, 1.165) is 22.8 Å². The van der Waals surface area contributed by atoms with Gasteiger partial charge in [0.1, 0.15) is 23.1 Å². The van der Waals surface area contributed by atoms with E-state index < -0.39 is 0 Å². The number of nitrogens with zero attached hydrogens (tertiary/aromatic N) is 2. The van der Waals surface area contributed by atoms with Crippen molar-refractivity contribution in [2.24, 2.45) is 0 Å². The quantitative estimate of drug-likeness (QED) is 0.552. The summed E-state index contributed by atoms with van der Waals surface area (Å²) in [6.07, 6.45) is 0.636. The minimum Gasteiger partial charge on any atom is -0.457 e. The van der Waals surface area contributed by atoms with Crippen molar-refractivity contribution < 1.29 is 9.26 Å². The van der Waals surface area contributed by atoms with Crippen molar-refractivity contribution in [3.63, 3.8) is 0 Å². The van der Waals surface area contributed by atoms with Gasteiger partial charge < -0.3 is 20.7 Å². The van der Waals surface area contributed by atoms with Crippen LogP contribution in [0.1, 0.15) is 11.3 Å². The minimum atomic E-state index is 0.320. The van der Waals surface area contributed by atoms with E-state index in [9.17, 15) is 0 Å². The average molecular weight is 358 g/mol. The fraction of sp³-hybridized carbons (Fsp3) is 0.0476. The van der Waals surface area contributed by atoms with E-state index in [4.69, 9.17) is 20.7 Å². The van der Waals surface area contributed by atoms with Gasteiger partial charge in [0.2, 0.25) is 0 Å². The van der Waals surface area contributed by atoms with E-state index in [1.807, 2.05) is 60.7 Å². The van der Waals surface area contributed by atoms with Gasteiger partial charge >= 0.3 is 0 Å². The Bertz CT molecular complexity index is 1040. The topological polar surface area (TPSA) is 100 Å². The highest BCUT2D eigenvalue weighted by molar-refractivity contribution is 5.71. The number of hydrogen-bond donors (Lipinski definition) is 2. The summed E-state index contributed by atoms with van der Waals surface area (Å²) in [7, 11) is 0. The van der Waals surface area contributed by atoms with Gasteiger partial charge in [0.05, 0.1) is 11.3 Å². The van der Waals surface area contributed by atoms with Crippen LogP contribution in [0.2, 0.25) is 0 Å². The second-order valence-corrected chi connectivity index (χ2v) is 6.09. The SMILES string of the molecule is Nc1ccc(-c2cc(Cc3ccc(Oc4ccccc4)cc3)no2)c(N)n1. The molecular formula is C21H18N4O2. The van der Waals surface area contributed by atoms with Gasteiger partial charge in [0, 0.05) is 12.5 Å². The number of nitrogens with two attached hydrogens (primary N) is 2. The molecule has 6 heteroatoms. The number of aromatic nitrogens is 2. The number of rotatable bonds is 5. The van der Waals surface area contributed by atoms with Crippen LogP contribution >= 0.6 is 0 Å². The second-order valence-electron chi connectivity index (χ2n) is 6.09. The van der Waals surface area contributed by atoms with Crippen molar-refractivity contribution in [2.75, 3.05) is 11.5 Å². The van der Waals surface area contributed by atoms with E-state index in [1.54, 1.807) is 12.1 Å². The summed E-state index contributed by atoms with van der Waals surface area (Å²) in [5.74, 6) is 2.85. The molecule has 0 amide bonds. The lowest BCUT2D eigenvalue weighted by Gasteiger charge is -2.06. The molecule has 2 aromatic heterocycles. The Morgan fingerprint density at radius 2 is 1.59 bits per heavy atom. The third kappa shape index (κ3) is 3.90. The summed E-state index contributed by atoms with van der Waals surface area (Å²) in [4.78, 5) is 4.04. The van der Waals surface area contributed by atoms with Crippen molar-refractivity contribution >= 4 is 11.6 Å². The molecule has 0 radical (unpaired) electrons. The standard InChI is InChI=1S/C21H18N4O2/c22-20-11-10-18(21(23)24-20)19-13-15(25-27-19)12-14-6-8-17(9-7-14)26-16-4-2-1-3-5-16/h1-11,13H,12H2,(H4,22,23,24). The highest BCUT2D eigenvalue weighted by Gasteiger charge is 2.11. The van der Waals surface area contributed by atoms with Gasteiger partial charge in [-0.15, -0.1) is 0 Å². The Labute approximate surface area is 156 Å². The molecule has 0 fully saturated rings. The molecule has 0 bridgehead atoms. The Morgan fingerprint density at radius 1 is 0.852 bits per heavy atom. The van der Waals surface area contributed by atoms with Gasteiger partial charge in [-0.2, -0.15) is 0 Å². The van der Waals surface area contributed by atoms with Crippen LogP contribution in [0, 0.1) is 0 Å². The number of hydrogen-bond acceptors (Lipinski definition) is 6. The summed E-state index contributed by atoms with van der Waals surface area (Å²) in [6, 6.07) is 22.9. The fourth-order valence-corrected chi connectivity index (χ4v) is 2.73. The Balaban J connectivity index is 1.46. The lowest BCUT2D eigenvalue weighted by molar-refractivity contribution is 0.425. The summed E-state index contributed by atoms with van der Waals surface area (Å²) < 4.78 is 11.2. The monoisotopic (exact) mass is 358 g/mol. The lowest BCUT2D eigenvalue weighted by atomic mass is 10.1. The van der Waals surface area contributed by atoms with E-state index in [0.29, 0.717) is 29.4 Å². The normalized spacial score (nSPS) is 10.7. The lowest BCUT2D eigenvalue weighted by Crippen LogP contribution is -1.97. The maximum atomic E-state index is 5.90. The first kappa shape index (κ1) is 16.7. The van der Waals surface area contributed by atoms with Crippen LogP contribution in [0.3, 0.4) is 0 Å². The Kier molecular flexibility index (Phi) is 4.45. The van der Waals surface area contributed by atoms with E-state index in [2.05, 4.69) is 10.1 Å². The fourth-order valence-electron chi connectivity index (χ4n) is 2.73. The molecule has 0 saturated heterocycles. The molecule has 0 aliphatic heterocycles. The second kappa shape index (κ2) is 7.21. The molecule has 4 rings (SSSR count). The molecule has 0 atom stereocenters. The largest absolute Gasteiger partial charge is 0.457 e. The predicted molar refractivity (Wildman–Crippen MR) is 104 cm³/mol. The summed E-state index contributed by atoms with van der Waals surface area (Å²) in [5, 5.41) is 4.12. The number of para-hydroxylation sites is 1. The first-order valence-corrected chi connectivity index (χ1v) is 8.47. The molecule has 134 valence electrons. The molecule has 4 N–H and O–H groups in total. The van der Waals surface area contributed by atoms with Crippen molar-refractivity contribution in [1.82, 2.24) is 10.1 Å². The predicted octanol–water partition coefficient (Wildman–Crippen LogP) is 4.28. The van der Waals surface area contributed by atoms with Gasteiger partial charge in [-0.25, -0.2) is 4.98 Å². The molecular weight excluding hydrogens is 340 g/mol. The summed E-state index contributed by atoms with van der Waals surface area (Å²) >= 11 is 0. The van der Waals surface area contributed by atoms with Crippen molar-refractivity contribution in [3.05, 3.63) is 84.1 Å². The van der Waals surface area contributed by atoms with Crippen LogP contribution in [-0.4, -0.2) is 10.1 Å². The molecule has 2 heterocycles. The van der Waals surface area contributed by atoms with Crippen LogP contribution in [-0.2, 0) is 6.42 Å². The Morgan fingerprint density at radius 3 is 2.33 bits per heavy atom. The number of anilines is 2. The molecule has 0 aliphatic carbocycles. The molecule has 0 unspecified atom stereocenters. The first-order chi connectivity index (χ1) is 13.2. The minimum absolute atomic E-state index is 0.320. The maximum Gasteiger partial charge on any atom is 0.170 e.